The molecule has 0 bridgehead atoms. The topological polar surface area (TPSA) is 89.1 Å². The number of carbonyl (C=O) groups excluding carboxylic acids is 2. The van der Waals surface area contributed by atoms with E-state index in [1.165, 1.54) is 18.2 Å². The van der Waals surface area contributed by atoms with Gasteiger partial charge >= 0.3 is 5.97 Å². The minimum Gasteiger partial charge on any atom is -0.457 e. The summed E-state index contributed by atoms with van der Waals surface area (Å²) in [6.07, 6.45) is 0.0447. The Labute approximate surface area is 164 Å². The monoisotopic (exact) mass is 404 g/mol. The van der Waals surface area contributed by atoms with Crippen LogP contribution in [-0.4, -0.2) is 28.3 Å². The van der Waals surface area contributed by atoms with Gasteiger partial charge in [-0.05, 0) is 30.3 Å². The van der Waals surface area contributed by atoms with Gasteiger partial charge in [0.2, 0.25) is 0 Å². The number of fused-ring (bicyclic) bond motifs is 1. The fourth-order valence-electron chi connectivity index (χ4n) is 2.43. The van der Waals surface area contributed by atoms with E-state index in [4.69, 9.17) is 27.9 Å². The van der Waals surface area contributed by atoms with E-state index >= 15 is 0 Å². The summed E-state index contributed by atoms with van der Waals surface area (Å²) in [5.74, 6) is -0.999. The van der Waals surface area contributed by atoms with Crippen molar-refractivity contribution in [2.75, 3.05) is 6.61 Å². The number of aryl methyl sites for hydroxylation is 1. The number of hydrogen-bond acceptors (Lipinski definition) is 5. The first-order valence-electron chi connectivity index (χ1n) is 8.06. The van der Waals surface area contributed by atoms with Crippen molar-refractivity contribution < 1.29 is 14.3 Å². The molecule has 0 amide bonds. The molecule has 0 aliphatic rings. The fourth-order valence-corrected chi connectivity index (χ4v) is 2.73. The Morgan fingerprint density at radius 1 is 1.07 bits per heavy atom. The predicted molar refractivity (Wildman–Crippen MR) is 102 cm³/mol. The number of ether oxygens (including phenoxy) is 1. The molecule has 2 aromatic carbocycles. The van der Waals surface area contributed by atoms with Crippen molar-refractivity contribution in [1.29, 1.82) is 0 Å². The lowest BCUT2D eigenvalue weighted by Gasteiger charge is -2.06. The third-order valence-electron chi connectivity index (χ3n) is 3.84. The van der Waals surface area contributed by atoms with Crippen LogP contribution in [0, 0.1) is 0 Å². The number of aromatic nitrogens is 2. The van der Waals surface area contributed by atoms with E-state index in [2.05, 4.69) is 9.97 Å². The Hall–Kier alpha value is -2.70. The van der Waals surface area contributed by atoms with Crippen LogP contribution in [0.25, 0.3) is 11.0 Å². The molecule has 0 aliphatic carbocycles. The van der Waals surface area contributed by atoms with Crippen molar-refractivity contribution in [3.05, 3.63) is 74.1 Å². The smallest absolute Gasteiger partial charge is 0.306 e. The van der Waals surface area contributed by atoms with Gasteiger partial charge in [0.1, 0.15) is 5.69 Å². The van der Waals surface area contributed by atoms with Crippen LogP contribution in [0.2, 0.25) is 10.0 Å². The summed E-state index contributed by atoms with van der Waals surface area (Å²) in [4.78, 5) is 42.9. The summed E-state index contributed by atoms with van der Waals surface area (Å²) in [5, 5.41) is 0.578. The maximum Gasteiger partial charge on any atom is 0.306 e. The number of nitrogens with zero attached hydrogens (tertiary/aromatic N) is 1. The van der Waals surface area contributed by atoms with E-state index < -0.39 is 18.4 Å². The van der Waals surface area contributed by atoms with Gasteiger partial charge in [0, 0.05) is 12.0 Å². The molecule has 27 heavy (non-hydrogen) atoms. The Kier molecular flexibility index (Phi) is 5.88. The molecule has 0 aliphatic heterocycles. The highest BCUT2D eigenvalue weighted by Gasteiger charge is 2.13. The highest BCUT2D eigenvalue weighted by Crippen LogP contribution is 2.22. The Morgan fingerprint density at radius 2 is 1.85 bits per heavy atom. The first-order chi connectivity index (χ1) is 12.9. The maximum absolute atomic E-state index is 12.0. The molecular weight excluding hydrogens is 391 g/mol. The zero-order valence-electron chi connectivity index (χ0n) is 14.0. The molecule has 0 radical (unpaired) electrons. The van der Waals surface area contributed by atoms with Crippen molar-refractivity contribution in [1.82, 2.24) is 9.97 Å². The summed E-state index contributed by atoms with van der Waals surface area (Å²) in [7, 11) is 0. The van der Waals surface area contributed by atoms with Gasteiger partial charge in [0.15, 0.2) is 12.4 Å². The average molecular weight is 405 g/mol. The van der Waals surface area contributed by atoms with Crippen molar-refractivity contribution in [3.8, 4) is 0 Å². The molecule has 138 valence electrons. The SMILES string of the molecule is O=C(CCc1nc2ccccc2[nH]c1=O)OCC(=O)c1ccc(Cl)c(Cl)c1. The second-order valence-electron chi connectivity index (χ2n) is 5.74. The van der Waals surface area contributed by atoms with Crippen LogP contribution >= 0.6 is 23.2 Å². The van der Waals surface area contributed by atoms with Gasteiger partial charge in [-0.25, -0.2) is 4.98 Å². The number of halogens is 2. The van der Waals surface area contributed by atoms with Gasteiger partial charge in [-0.1, -0.05) is 35.3 Å². The number of aromatic amines is 1. The summed E-state index contributed by atoms with van der Waals surface area (Å²) in [6, 6.07) is 11.5. The zero-order chi connectivity index (χ0) is 19.4. The van der Waals surface area contributed by atoms with Crippen molar-refractivity contribution in [2.45, 2.75) is 12.8 Å². The van der Waals surface area contributed by atoms with E-state index in [-0.39, 0.29) is 29.1 Å². The highest BCUT2D eigenvalue weighted by molar-refractivity contribution is 6.42. The molecule has 3 aromatic rings. The van der Waals surface area contributed by atoms with Crippen LogP contribution in [-0.2, 0) is 16.0 Å². The lowest BCUT2D eigenvalue weighted by atomic mass is 10.1. The molecule has 0 atom stereocenters. The summed E-state index contributed by atoms with van der Waals surface area (Å²) in [5.41, 5.74) is 1.44. The quantitative estimate of drug-likeness (QED) is 0.500. The zero-order valence-corrected chi connectivity index (χ0v) is 15.5. The van der Waals surface area contributed by atoms with Crippen molar-refractivity contribution in [3.63, 3.8) is 0 Å². The minimum absolute atomic E-state index is 0.0664. The number of esters is 1. The molecule has 1 aromatic heterocycles. The predicted octanol–water partition coefficient (Wildman–Crippen LogP) is 3.59. The third kappa shape index (κ3) is 4.72. The number of benzene rings is 2. The summed E-state index contributed by atoms with van der Waals surface area (Å²) < 4.78 is 4.97. The average Bonchev–Trinajstić information content (AvgIpc) is 2.66. The number of nitrogens with one attached hydrogen (secondary N) is 1. The van der Waals surface area contributed by atoms with Crippen LogP contribution in [0.1, 0.15) is 22.5 Å². The van der Waals surface area contributed by atoms with E-state index in [1.807, 2.05) is 0 Å². The Morgan fingerprint density at radius 3 is 2.63 bits per heavy atom. The standard InChI is InChI=1S/C19H14Cl2N2O4/c20-12-6-5-11(9-13(12)21)17(24)10-27-18(25)8-7-16-19(26)23-15-4-2-1-3-14(15)22-16/h1-6,9H,7-8,10H2,(H,23,26). The number of para-hydroxylation sites is 2. The van der Waals surface area contributed by atoms with Gasteiger partial charge in [-0.15, -0.1) is 0 Å². The largest absolute Gasteiger partial charge is 0.457 e. The normalized spacial score (nSPS) is 10.7. The fraction of sp³-hybridized carbons (Fsp3) is 0.158. The number of Topliss-reactive ketones (excluding diaryl/α,β-unsaturated/α-hetero) is 1. The summed E-state index contributed by atoms with van der Waals surface area (Å²) >= 11 is 11.7. The summed E-state index contributed by atoms with van der Waals surface area (Å²) in [6.45, 7) is -0.418. The van der Waals surface area contributed by atoms with Crippen LogP contribution in [0.15, 0.2) is 47.3 Å². The van der Waals surface area contributed by atoms with Gasteiger partial charge in [-0.3, -0.25) is 14.4 Å². The van der Waals surface area contributed by atoms with Crippen LogP contribution in [0.4, 0.5) is 0 Å². The lowest BCUT2D eigenvalue weighted by Crippen LogP contribution is -2.18. The molecule has 0 unspecified atom stereocenters. The number of rotatable bonds is 6. The molecule has 0 spiro atoms. The molecule has 8 heteroatoms. The van der Waals surface area contributed by atoms with Crippen LogP contribution in [0.5, 0.6) is 0 Å². The van der Waals surface area contributed by atoms with E-state index in [0.29, 0.717) is 21.6 Å². The lowest BCUT2D eigenvalue weighted by molar-refractivity contribution is -0.142. The molecule has 3 rings (SSSR count). The van der Waals surface area contributed by atoms with E-state index in [1.54, 1.807) is 24.3 Å². The molecule has 6 nitrogen and oxygen atoms in total. The van der Waals surface area contributed by atoms with Gasteiger partial charge in [0.05, 0.1) is 27.5 Å². The number of H-pyrrole nitrogens is 1. The van der Waals surface area contributed by atoms with Gasteiger partial charge < -0.3 is 9.72 Å². The first-order valence-corrected chi connectivity index (χ1v) is 8.81. The maximum atomic E-state index is 12.0. The molecule has 1 N–H and O–H groups in total. The molecule has 0 saturated heterocycles. The Bertz CT molecular complexity index is 1080. The van der Waals surface area contributed by atoms with Crippen molar-refractivity contribution in [2.24, 2.45) is 0 Å². The third-order valence-corrected chi connectivity index (χ3v) is 4.58. The number of carbonyl (C=O) groups is 2. The molecule has 0 fully saturated rings. The first kappa shape index (κ1) is 19.1. The van der Waals surface area contributed by atoms with Crippen LogP contribution < -0.4 is 5.56 Å². The molecule has 0 saturated carbocycles. The van der Waals surface area contributed by atoms with Crippen LogP contribution in [0.3, 0.4) is 0 Å². The Balaban J connectivity index is 1.57. The van der Waals surface area contributed by atoms with Gasteiger partial charge in [-0.2, -0.15) is 0 Å². The number of ketones is 1. The molecular formula is C19H14Cl2N2O4. The second kappa shape index (κ2) is 8.33. The number of hydrogen-bond donors (Lipinski definition) is 1. The van der Waals surface area contributed by atoms with Crippen molar-refractivity contribution >= 4 is 46.0 Å². The van der Waals surface area contributed by atoms with E-state index in [0.717, 1.165) is 0 Å². The highest BCUT2D eigenvalue weighted by atomic mass is 35.5. The van der Waals surface area contributed by atoms with Gasteiger partial charge in [0.25, 0.3) is 5.56 Å². The molecule has 1 heterocycles. The minimum atomic E-state index is -0.599. The van der Waals surface area contributed by atoms with E-state index in [9.17, 15) is 14.4 Å². The second-order valence-corrected chi connectivity index (χ2v) is 6.56.